The number of esters is 1. The van der Waals surface area contributed by atoms with Crippen molar-refractivity contribution in [2.75, 3.05) is 19.0 Å². The van der Waals surface area contributed by atoms with Crippen molar-refractivity contribution in [3.63, 3.8) is 0 Å². The number of hydrogen-bond donors (Lipinski definition) is 1. The van der Waals surface area contributed by atoms with Crippen LogP contribution in [0.2, 0.25) is 0 Å². The van der Waals surface area contributed by atoms with Crippen molar-refractivity contribution in [1.82, 2.24) is 4.98 Å². The number of amides is 1. The third-order valence-corrected chi connectivity index (χ3v) is 4.82. The number of ether oxygens (including phenoxy) is 2. The summed E-state index contributed by atoms with van der Waals surface area (Å²) in [5.74, 6) is -0.263. The van der Waals surface area contributed by atoms with Crippen LogP contribution in [0.1, 0.15) is 10.4 Å². The average molecular weight is 447 g/mol. The molecule has 6 nitrogen and oxygen atoms in total. The van der Waals surface area contributed by atoms with Crippen molar-refractivity contribution in [2.24, 2.45) is 0 Å². The molecule has 0 atom stereocenters. The third kappa shape index (κ3) is 5.15. The lowest BCUT2D eigenvalue weighted by atomic mass is 10.2. The fraction of sp³-hybridized carbons (Fsp3) is 0.105. The number of hydrogen-bond acceptors (Lipinski definition) is 6. The van der Waals surface area contributed by atoms with Gasteiger partial charge in [0.25, 0.3) is 5.91 Å². The zero-order valence-corrected chi connectivity index (χ0v) is 16.7. The highest BCUT2D eigenvalue weighted by atomic mass is 79.9. The van der Waals surface area contributed by atoms with E-state index in [0.29, 0.717) is 16.4 Å². The zero-order valence-electron chi connectivity index (χ0n) is 14.3. The number of methoxy groups -OCH3 is 1. The quantitative estimate of drug-likeness (QED) is 0.568. The Morgan fingerprint density at radius 3 is 2.48 bits per heavy atom. The van der Waals surface area contributed by atoms with E-state index < -0.39 is 5.97 Å². The number of halogens is 1. The second-order valence-electron chi connectivity index (χ2n) is 5.40. The predicted octanol–water partition coefficient (Wildman–Crippen LogP) is 4.38. The Kier molecular flexibility index (Phi) is 6.20. The van der Waals surface area contributed by atoms with E-state index in [9.17, 15) is 9.59 Å². The third-order valence-electron chi connectivity index (χ3n) is 3.54. The average Bonchev–Trinajstić information content (AvgIpc) is 3.15. The van der Waals surface area contributed by atoms with Gasteiger partial charge in [-0.25, -0.2) is 9.78 Å². The topological polar surface area (TPSA) is 77.5 Å². The van der Waals surface area contributed by atoms with Crippen LogP contribution in [0, 0.1) is 0 Å². The molecule has 0 bridgehead atoms. The van der Waals surface area contributed by atoms with Gasteiger partial charge in [-0.2, -0.15) is 0 Å². The summed E-state index contributed by atoms with van der Waals surface area (Å²) in [7, 11) is 1.32. The molecule has 0 unspecified atom stereocenters. The van der Waals surface area contributed by atoms with Crippen LogP contribution < -0.4 is 10.1 Å². The Labute approximate surface area is 168 Å². The van der Waals surface area contributed by atoms with Crippen LogP contribution in [0.3, 0.4) is 0 Å². The highest BCUT2D eigenvalue weighted by molar-refractivity contribution is 9.10. The first kappa shape index (κ1) is 19.1. The summed E-state index contributed by atoms with van der Waals surface area (Å²) in [5, 5.41) is 5.10. The Bertz CT molecular complexity index is 939. The van der Waals surface area contributed by atoms with Crippen molar-refractivity contribution in [2.45, 2.75) is 0 Å². The lowest BCUT2D eigenvalue weighted by Crippen LogP contribution is -2.20. The van der Waals surface area contributed by atoms with Crippen molar-refractivity contribution in [3.05, 3.63) is 63.9 Å². The first-order valence-corrected chi connectivity index (χ1v) is 9.55. The molecular weight excluding hydrogens is 432 g/mol. The number of nitrogens with one attached hydrogen (secondary N) is 1. The smallest absolute Gasteiger partial charge is 0.337 e. The molecule has 0 aliphatic rings. The Morgan fingerprint density at radius 1 is 1.11 bits per heavy atom. The molecule has 8 heteroatoms. The van der Waals surface area contributed by atoms with Crippen LogP contribution >= 0.6 is 27.3 Å². The first-order valence-electron chi connectivity index (χ1n) is 7.87. The molecule has 1 aromatic heterocycles. The van der Waals surface area contributed by atoms with Gasteiger partial charge in [0, 0.05) is 15.4 Å². The minimum absolute atomic E-state index is 0.162. The molecule has 2 aromatic carbocycles. The summed E-state index contributed by atoms with van der Waals surface area (Å²) in [6.07, 6.45) is 0. The number of benzene rings is 2. The number of rotatable bonds is 6. The molecular formula is C19H15BrN2O4S. The number of thiazole rings is 1. The second kappa shape index (κ2) is 8.79. The lowest BCUT2D eigenvalue weighted by Gasteiger charge is -2.06. The van der Waals surface area contributed by atoms with Gasteiger partial charge in [-0.3, -0.25) is 10.1 Å². The van der Waals surface area contributed by atoms with Crippen LogP contribution in [-0.4, -0.2) is 30.6 Å². The lowest BCUT2D eigenvalue weighted by molar-refractivity contribution is -0.118. The van der Waals surface area contributed by atoms with Gasteiger partial charge in [0.05, 0.1) is 18.4 Å². The normalized spacial score (nSPS) is 10.3. The van der Waals surface area contributed by atoms with Gasteiger partial charge in [0.1, 0.15) is 5.75 Å². The zero-order chi connectivity index (χ0) is 19.2. The summed E-state index contributed by atoms with van der Waals surface area (Å²) >= 11 is 4.74. The standard InChI is InChI=1S/C19H15BrN2O4S/c1-25-18(24)13-4-8-15(9-5-13)26-10-17(23)22-19-21-16(11-27-19)12-2-6-14(20)7-3-12/h2-9,11H,10H2,1H3,(H,21,22,23). The van der Waals surface area contributed by atoms with Crippen molar-refractivity contribution in [3.8, 4) is 17.0 Å². The molecule has 1 heterocycles. The molecule has 0 fully saturated rings. The van der Waals surface area contributed by atoms with E-state index in [-0.39, 0.29) is 12.5 Å². The molecule has 0 saturated carbocycles. The maximum Gasteiger partial charge on any atom is 0.337 e. The molecule has 27 heavy (non-hydrogen) atoms. The molecule has 0 saturated heterocycles. The second-order valence-corrected chi connectivity index (χ2v) is 7.17. The number of aromatic nitrogens is 1. The molecule has 0 aliphatic heterocycles. The summed E-state index contributed by atoms with van der Waals surface area (Å²) in [6, 6.07) is 14.1. The van der Waals surface area contributed by atoms with Crippen LogP contribution in [0.4, 0.5) is 5.13 Å². The van der Waals surface area contributed by atoms with E-state index >= 15 is 0 Å². The molecule has 3 rings (SSSR count). The summed E-state index contributed by atoms with van der Waals surface area (Å²) in [6.45, 7) is -0.162. The van der Waals surface area contributed by atoms with E-state index in [2.05, 4.69) is 31.0 Å². The van der Waals surface area contributed by atoms with Gasteiger partial charge in [0.15, 0.2) is 11.7 Å². The number of nitrogens with zero attached hydrogens (tertiary/aromatic N) is 1. The van der Waals surface area contributed by atoms with Crippen LogP contribution in [0.15, 0.2) is 58.4 Å². The highest BCUT2D eigenvalue weighted by Crippen LogP contribution is 2.26. The van der Waals surface area contributed by atoms with Crippen molar-refractivity contribution in [1.29, 1.82) is 0 Å². The number of anilines is 1. The van der Waals surface area contributed by atoms with Crippen LogP contribution in [0.25, 0.3) is 11.3 Å². The predicted molar refractivity (Wildman–Crippen MR) is 107 cm³/mol. The Hall–Kier alpha value is -2.71. The summed E-state index contributed by atoms with van der Waals surface area (Å²) in [5.41, 5.74) is 2.18. The maximum absolute atomic E-state index is 12.0. The number of carbonyl (C=O) groups excluding carboxylic acids is 2. The van der Waals surface area contributed by atoms with E-state index in [1.165, 1.54) is 18.4 Å². The van der Waals surface area contributed by atoms with Crippen LogP contribution in [0.5, 0.6) is 5.75 Å². The maximum atomic E-state index is 12.0. The molecule has 1 amide bonds. The summed E-state index contributed by atoms with van der Waals surface area (Å²) < 4.78 is 11.0. The molecule has 1 N–H and O–H groups in total. The van der Waals surface area contributed by atoms with Gasteiger partial charge >= 0.3 is 5.97 Å². The van der Waals surface area contributed by atoms with E-state index in [0.717, 1.165) is 15.7 Å². The van der Waals surface area contributed by atoms with Gasteiger partial charge < -0.3 is 9.47 Å². The van der Waals surface area contributed by atoms with E-state index in [1.807, 2.05) is 29.6 Å². The highest BCUT2D eigenvalue weighted by Gasteiger charge is 2.10. The monoisotopic (exact) mass is 446 g/mol. The van der Waals surface area contributed by atoms with Crippen molar-refractivity contribution >= 4 is 44.3 Å². The van der Waals surface area contributed by atoms with Gasteiger partial charge in [-0.1, -0.05) is 28.1 Å². The fourth-order valence-corrected chi connectivity index (χ4v) is 3.19. The first-order chi connectivity index (χ1) is 13.0. The molecule has 138 valence electrons. The minimum Gasteiger partial charge on any atom is -0.484 e. The molecule has 0 aliphatic carbocycles. The van der Waals surface area contributed by atoms with E-state index in [4.69, 9.17) is 4.74 Å². The summed E-state index contributed by atoms with van der Waals surface area (Å²) in [4.78, 5) is 27.8. The molecule has 3 aromatic rings. The SMILES string of the molecule is COC(=O)c1ccc(OCC(=O)Nc2nc(-c3ccc(Br)cc3)cs2)cc1. The Morgan fingerprint density at radius 2 is 1.81 bits per heavy atom. The van der Waals surface area contributed by atoms with Crippen LogP contribution in [-0.2, 0) is 9.53 Å². The number of carbonyl (C=O) groups is 2. The van der Waals surface area contributed by atoms with Gasteiger partial charge in [-0.15, -0.1) is 11.3 Å². The fourth-order valence-electron chi connectivity index (χ4n) is 2.19. The Balaban J connectivity index is 1.54. The largest absolute Gasteiger partial charge is 0.484 e. The van der Waals surface area contributed by atoms with Gasteiger partial charge in [-0.05, 0) is 36.4 Å². The van der Waals surface area contributed by atoms with Gasteiger partial charge in [0.2, 0.25) is 0 Å². The molecule has 0 spiro atoms. The van der Waals surface area contributed by atoms with Crippen molar-refractivity contribution < 1.29 is 19.1 Å². The van der Waals surface area contributed by atoms with E-state index in [1.54, 1.807) is 24.3 Å². The minimum atomic E-state index is -0.426. The molecule has 0 radical (unpaired) electrons.